The number of carbonyl (C=O) groups is 1. The number of hydrogen-bond acceptors (Lipinski definition) is 6. The standard InChI is InChI=1S/C11H17N3O3/c1-4-11(2,16)7-14-9-6-12-8(5-13-9)10(15)17-3/h5-6,16H,4,7H2,1-3H3,(H,13,14). The molecule has 94 valence electrons. The van der Waals surface area contributed by atoms with Gasteiger partial charge in [-0.25, -0.2) is 14.8 Å². The molecule has 1 heterocycles. The third-order valence-corrected chi connectivity index (χ3v) is 2.46. The highest BCUT2D eigenvalue weighted by Gasteiger charge is 2.17. The summed E-state index contributed by atoms with van der Waals surface area (Å²) >= 11 is 0. The first-order chi connectivity index (χ1) is 7.98. The first-order valence-electron chi connectivity index (χ1n) is 5.35. The van der Waals surface area contributed by atoms with Gasteiger partial charge in [0.25, 0.3) is 0 Å². The van der Waals surface area contributed by atoms with Crippen molar-refractivity contribution in [3.63, 3.8) is 0 Å². The summed E-state index contributed by atoms with van der Waals surface area (Å²) < 4.78 is 4.51. The molecule has 0 bridgehead atoms. The molecule has 0 aliphatic heterocycles. The number of methoxy groups -OCH3 is 1. The quantitative estimate of drug-likeness (QED) is 0.740. The zero-order valence-electron chi connectivity index (χ0n) is 10.2. The Balaban J connectivity index is 2.60. The fourth-order valence-corrected chi connectivity index (χ4v) is 1.04. The summed E-state index contributed by atoms with van der Waals surface area (Å²) in [6, 6.07) is 0. The fraction of sp³-hybridized carbons (Fsp3) is 0.545. The third-order valence-electron chi connectivity index (χ3n) is 2.46. The second-order valence-electron chi connectivity index (χ2n) is 3.98. The molecule has 1 atom stereocenters. The van der Waals surface area contributed by atoms with Crippen molar-refractivity contribution < 1.29 is 14.6 Å². The van der Waals surface area contributed by atoms with E-state index in [9.17, 15) is 9.90 Å². The van der Waals surface area contributed by atoms with Gasteiger partial charge in [-0.05, 0) is 13.3 Å². The lowest BCUT2D eigenvalue weighted by atomic mass is 10.0. The van der Waals surface area contributed by atoms with Crippen LogP contribution in [0.2, 0.25) is 0 Å². The minimum Gasteiger partial charge on any atom is -0.464 e. The molecule has 0 spiro atoms. The van der Waals surface area contributed by atoms with E-state index in [1.165, 1.54) is 19.5 Å². The average molecular weight is 239 g/mol. The molecule has 1 aromatic rings. The Bertz CT molecular complexity index is 376. The molecule has 0 saturated carbocycles. The van der Waals surface area contributed by atoms with E-state index < -0.39 is 11.6 Å². The maximum atomic E-state index is 11.1. The fourth-order valence-electron chi connectivity index (χ4n) is 1.04. The lowest BCUT2D eigenvalue weighted by molar-refractivity contribution is 0.0592. The van der Waals surface area contributed by atoms with Gasteiger partial charge in [-0.15, -0.1) is 0 Å². The van der Waals surface area contributed by atoms with Gasteiger partial charge in [-0.1, -0.05) is 6.92 Å². The number of nitrogens with zero attached hydrogens (tertiary/aromatic N) is 2. The van der Waals surface area contributed by atoms with Gasteiger partial charge in [-0.3, -0.25) is 0 Å². The average Bonchev–Trinajstić information content (AvgIpc) is 2.36. The Morgan fingerprint density at radius 2 is 2.24 bits per heavy atom. The smallest absolute Gasteiger partial charge is 0.358 e. The first-order valence-corrected chi connectivity index (χ1v) is 5.35. The molecule has 1 rings (SSSR count). The normalized spacial score (nSPS) is 13.9. The highest BCUT2D eigenvalue weighted by Crippen LogP contribution is 2.10. The van der Waals surface area contributed by atoms with Gasteiger partial charge in [0.1, 0.15) is 5.82 Å². The molecule has 0 aliphatic carbocycles. The van der Waals surface area contributed by atoms with Crippen LogP contribution >= 0.6 is 0 Å². The Kier molecular flexibility index (Phi) is 4.39. The van der Waals surface area contributed by atoms with E-state index in [0.717, 1.165) is 0 Å². The summed E-state index contributed by atoms with van der Waals surface area (Å²) in [5.41, 5.74) is -0.636. The van der Waals surface area contributed by atoms with E-state index >= 15 is 0 Å². The summed E-state index contributed by atoms with van der Waals surface area (Å²) in [6.45, 7) is 4.00. The van der Waals surface area contributed by atoms with Crippen molar-refractivity contribution >= 4 is 11.8 Å². The van der Waals surface area contributed by atoms with E-state index in [-0.39, 0.29) is 5.69 Å². The summed E-state index contributed by atoms with van der Waals surface area (Å²) in [7, 11) is 1.29. The van der Waals surface area contributed by atoms with Gasteiger partial charge in [0.2, 0.25) is 0 Å². The first kappa shape index (κ1) is 13.4. The summed E-state index contributed by atoms with van der Waals surface area (Å²) in [6.07, 6.45) is 3.39. The van der Waals surface area contributed by atoms with Crippen molar-refractivity contribution in [2.45, 2.75) is 25.9 Å². The summed E-state index contributed by atoms with van der Waals surface area (Å²) in [4.78, 5) is 19.0. The Morgan fingerprint density at radius 3 is 2.71 bits per heavy atom. The van der Waals surface area contributed by atoms with Crippen molar-refractivity contribution in [3.8, 4) is 0 Å². The van der Waals surface area contributed by atoms with Crippen molar-refractivity contribution in [3.05, 3.63) is 18.1 Å². The third kappa shape index (κ3) is 3.99. The van der Waals surface area contributed by atoms with Crippen LogP contribution in [0.15, 0.2) is 12.4 Å². The van der Waals surface area contributed by atoms with Gasteiger partial charge >= 0.3 is 5.97 Å². The molecule has 0 aromatic carbocycles. The van der Waals surface area contributed by atoms with E-state index in [1.54, 1.807) is 6.92 Å². The Labute approximate surface area is 100 Å². The SMILES string of the molecule is CCC(C)(O)CNc1cnc(C(=O)OC)cn1. The minimum absolute atomic E-state index is 0.153. The second kappa shape index (κ2) is 5.58. The van der Waals surface area contributed by atoms with E-state index in [4.69, 9.17) is 0 Å². The lowest BCUT2D eigenvalue weighted by Crippen LogP contribution is -2.32. The number of aliphatic hydroxyl groups is 1. The highest BCUT2D eigenvalue weighted by atomic mass is 16.5. The lowest BCUT2D eigenvalue weighted by Gasteiger charge is -2.21. The summed E-state index contributed by atoms with van der Waals surface area (Å²) in [5, 5.41) is 12.7. The zero-order chi connectivity index (χ0) is 12.9. The minimum atomic E-state index is -0.789. The number of rotatable bonds is 5. The number of anilines is 1. The van der Waals surface area contributed by atoms with Crippen LogP contribution in [0.3, 0.4) is 0 Å². The molecule has 6 heteroatoms. The number of esters is 1. The predicted molar refractivity (Wildman–Crippen MR) is 62.8 cm³/mol. The van der Waals surface area contributed by atoms with Crippen LogP contribution in [0, 0.1) is 0 Å². The largest absolute Gasteiger partial charge is 0.464 e. The van der Waals surface area contributed by atoms with Gasteiger partial charge in [0, 0.05) is 6.54 Å². The maximum Gasteiger partial charge on any atom is 0.358 e. The van der Waals surface area contributed by atoms with Crippen LogP contribution in [-0.4, -0.2) is 40.3 Å². The van der Waals surface area contributed by atoms with Crippen LogP contribution in [0.4, 0.5) is 5.82 Å². The number of hydrogen-bond donors (Lipinski definition) is 2. The number of carbonyl (C=O) groups excluding carboxylic acids is 1. The Hall–Kier alpha value is -1.69. The second-order valence-corrected chi connectivity index (χ2v) is 3.98. The molecular formula is C11H17N3O3. The molecule has 1 unspecified atom stereocenters. The molecular weight excluding hydrogens is 222 g/mol. The van der Waals surface area contributed by atoms with Crippen LogP contribution in [0.25, 0.3) is 0 Å². The molecule has 0 amide bonds. The van der Waals surface area contributed by atoms with Gasteiger partial charge in [0.05, 0.1) is 25.1 Å². The Morgan fingerprint density at radius 1 is 1.53 bits per heavy atom. The van der Waals surface area contributed by atoms with Gasteiger partial charge in [-0.2, -0.15) is 0 Å². The molecule has 0 aliphatic rings. The van der Waals surface area contributed by atoms with Crippen LogP contribution in [0.5, 0.6) is 0 Å². The maximum absolute atomic E-state index is 11.1. The molecule has 17 heavy (non-hydrogen) atoms. The van der Waals surface area contributed by atoms with E-state index in [2.05, 4.69) is 20.0 Å². The predicted octanol–water partition coefficient (Wildman–Crippen LogP) is 0.836. The molecule has 0 saturated heterocycles. The van der Waals surface area contributed by atoms with Crippen molar-refractivity contribution in [2.75, 3.05) is 19.0 Å². The van der Waals surface area contributed by atoms with Gasteiger partial charge in [0.15, 0.2) is 5.69 Å². The highest BCUT2D eigenvalue weighted by molar-refractivity contribution is 5.86. The summed E-state index contributed by atoms with van der Waals surface area (Å²) in [5.74, 6) is -0.0176. The van der Waals surface area contributed by atoms with Crippen LogP contribution in [0.1, 0.15) is 30.8 Å². The van der Waals surface area contributed by atoms with E-state index in [0.29, 0.717) is 18.8 Å². The number of ether oxygens (including phenoxy) is 1. The number of aromatic nitrogens is 2. The monoisotopic (exact) mass is 239 g/mol. The van der Waals surface area contributed by atoms with Crippen molar-refractivity contribution in [2.24, 2.45) is 0 Å². The van der Waals surface area contributed by atoms with Crippen LogP contribution < -0.4 is 5.32 Å². The number of nitrogens with one attached hydrogen (secondary N) is 1. The van der Waals surface area contributed by atoms with E-state index in [1.807, 2.05) is 6.92 Å². The molecule has 2 N–H and O–H groups in total. The molecule has 0 radical (unpaired) electrons. The molecule has 1 aromatic heterocycles. The zero-order valence-corrected chi connectivity index (χ0v) is 10.2. The topological polar surface area (TPSA) is 84.3 Å². The van der Waals surface area contributed by atoms with Gasteiger partial charge < -0.3 is 15.2 Å². The van der Waals surface area contributed by atoms with Crippen molar-refractivity contribution in [1.82, 2.24) is 9.97 Å². The molecule has 6 nitrogen and oxygen atoms in total. The van der Waals surface area contributed by atoms with Crippen LogP contribution in [-0.2, 0) is 4.74 Å². The van der Waals surface area contributed by atoms with Crippen molar-refractivity contribution in [1.29, 1.82) is 0 Å². The molecule has 0 fully saturated rings.